The van der Waals surface area contributed by atoms with Crippen molar-refractivity contribution in [3.05, 3.63) is 28.8 Å². The third-order valence-corrected chi connectivity index (χ3v) is 2.47. The van der Waals surface area contributed by atoms with Crippen LogP contribution in [0.25, 0.3) is 0 Å². The minimum atomic E-state index is 0.255. The summed E-state index contributed by atoms with van der Waals surface area (Å²) in [5, 5.41) is 9.33. The maximum Gasteiger partial charge on any atom is 0.137 e. The predicted octanol–water partition coefficient (Wildman–Crippen LogP) is 3.05. The first kappa shape index (κ1) is 12.3. The molecular weight excluding hydrogens is 212 g/mol. The molecule has 2 nitrogen and oxygen atoms in total. The third-order valence-electron chi connectivity index (χ3n) is 2.17. The molecule has 0 saturated heterocycles. The number of aliphatic hydroxyl groups is 1. The molecule has 0 amide bonds. The molecule has 0 bridgehead atoms. The molecule has 3 heteroatoms. The van der Waals surface area contributed by atoms with Crippen molar-refractivity contribution in [1.29, 1.82) is 0 Å². The summed E-state index contributed by atoms with van der Waals surface area (Å²) in [5.41, 5.74) is 1.19. The van der Waals surface area contributed by atoms with Crippen molar-refractivity contribution < 1.29 is 9.84 Å². The monoisotopic (exact) mass is 228 g/mol. The molecule has 0 unspecified atom stereocenters. The van der Waals surface area contributed by atoms with E-state index in [9.17, 15) is 0 Å². The average Bonchev–Trinajstić information content (AvgIpc) is 2.23. The van der Waals surface area contributed by atoms with Crippen LogP contribution in [-0.4, -0.2) is 18.3 Å². The number of hydrogen-bond acceptors (Lipinski definition) is 2. The Kier molecular flexibility index (Phi) is 5.51. The van der Waals surface area contributed by atoms with Crippen LogP contribution in [0.3, 0.4) is 0 Å². The zero-order valence-corrected chi connectivity index (χ0v) is 9.76. The van der Waals surface area contributed by atoms with Crippen LogP contribution in [0, 0.1) is 0 Å². The van der Waals surface area contributed by atoms with Crippen LogP contribution < -0.4 is 4.74 Å². The van der Waals surface area contributed by atoms with Crippen molar-refractivity contribution in [3.63, 3.8) is 0 Å². The van der Waals surface area contributed by atoms with Crippen molar-refractivity contribution >= 4 is 11.6 Å². The molecule has 15 heavy (non-hydrogen) atoms. The Balaban J connectivity index is 2.56. The van der Waals surface area contributed by atoms with Gasteiger partial charge in [-0.15, -0.1) is 0 Å². The molecule has 0 fully saturated rings. The molecule has 1 N–H and O–H groups in total. The molecule has 0 aliphatic rings. The first-order valence-electron chi connectivity index (χ1n) is 5.30. The van der Waals surface area contributed by atoms with Gasteiger partial charge >= 0.3 is 0 Å². The van der Waals surface area contributed by atoms with E-state index in [2.05, 4.69) is 0 Å². The van der Waals surface area contributed by atoms with E-state index < -0.39 is 0 Å². The van der Waals surface area contributed by atoms with Gasteiger partial charge in [0.25, 0.3) is 0 Å². The van der Waals surface area contributed by atoms with Gasteiger partial charge in [0.15, 0.2) is 0 Å². The summed E-state index contributed by atoms with van der Waals surface area (Å²) < 4.78 is 5.35. The summed E-state index contributed by atoms with van der Waals surface area (Å²) in [6, 6.07) is 5.86. The Morgan fingerprint density at radius 2 is 2.13 bits per heavy atom. The molecule has 0 heterocycles. The molecule has 0 aliphatic carbocycles. The topological polar surface area (TPSA) is 29.5 Å². The van der Waals surface area contributed by atoms with Gasteiger partial charge in [0, 0.05) is 6.61 Å². The fourth-order valence-corrected chi connectivity index (χ4v) is 1.67. The lowest BCUT2D eigenvalue weighted by atomic mass is 10.1. The Morgan fingerprint density at radius 1 is 1.33 bits per heavy atom. The number of aryl methyl sites for hydroxylation is 1. The van der Waals surface area contributed by atoms with Crippen molar-refractivity contribution in [2.45, 2.75) is 26.2 Å². The number of unbranched alkanes of at least 4 members (excludes halogenated alkanes) is 1. The molecule has 1 rings (SSSR count). The van der Waals surface area contributed by atoms with Crippen LogP contribution in [0.5, 0.6) is 5.75 Å². The molecule has 0 aliphatic heterocycles. The van der Waals surface area contributed by atoms with E-state index in [0.717, 1.165) is 25.0 Å². The van der Waals surface area contributed by atoms with Gasteiger partial charge in [-0.2, -0.15) is 0 Å². The minimum absolute atomic E-state index is 0.255. The van der Waals surface area contributed by atoms with Crippen LogP contribution >= 0.6 is 11.6 Å². The molecule has 0 aromatic heterocycles. The average molecular weight is 229 g/mol. The van der Waals surface area contributed by atoms with Crippen molar-refractivity contribution in [3.8, 4) is 5.75 Å². The number of ether oxygens (including phenoxy) is 1. The highest BCUT2D eigenvalue weighted by Crippen LogP contribution is 2.25. The van der Waals surface area contributed by atoms with Crippen molar-refractivity contribution in [2.24, 2.45) is 0 Å². The van der Waals surface area contributed by atoms with E-state index in [1.165, 1.54) is 5.56 Å². The van der Waals surface area contributed by atoms with Crippen molar-refractivity contribution in [1.82, 2.24) is 0 Å². The smallest absolute Gasteiger partial charge is 0.137 e. The van der Waals surface area contributed by atoms with Gasteiger partial charge in [0.2, 0.25) is 0 Å². The molecule has 0 spiro atoms. The van der Waals surface area contributed by atoms with Crippen LogP contribution in [0.15, 0.2) is 18.2 Å². The summed E-state index contributed by atoms with van der Waals surface area (Å²) >= 11 is 6.05. The molecule has 0 radical (unpaired) electrons. The van der Waals surface area contributed by atoms with Gasteiger partial charge in [-0.25, -0.2) is 0 Å². The SMILES string of the molecule is CCOc1ccc(CCCCO)cc1Cl. The molecule has 84 valence electrons. The number of benzene rings is 1. The fraction of sp³-hybridized carbons (Fsp3) is 0.500. The minimum Gasteiger partial charge on any atom is -0.492 e. The normalized spacial score (nSPS) is 10.3. The van der Waals surface area contributed by atoms with E-state index in [1.54, 1.807) is 0 Å². The lowest BCUT2D eigenvalue weighted by Gasteiger charge is -2.07. The number of aliphatic hydroxyl groups excluding tert-OH is 1. The fourth-order valence-electron chi connectivity index (χ4n) is 1.41. The second-order valence-electron chi connectivity index (χ2n) is 3.38. The molecule has 0 saturated carbocycles. The molecule has 1 aromatic rings. The highest BCUT2D eigenvalue weighted by Gasteiger charge is 2.02. The lowest BCUT2D eigenvalue weighted by Crippen LogP contribution is -1.94. The zero-order valence-electron chi connectivity index (χ0n) is 9.00. The van der Waals surface area contributed by atoms with Crippen LogP contribution in [0.4, 0.5) is 0 Å². The van der Waals surface area contributed by atoms with Gasteiger partial charge in [0.05, 0.1) is 11.6 Å². The van der Waals surface area contributed by atoms with Crippen LogP contribution in [0.2, 0.25) is 5.02 Å². The molecular formula is C12H17ClO2. The summed E-state index contributed by atoms with van der Waals surface area (Å²) in [7, 11) is 0. The summed E-state index contributed by atoms with van der Waals surface area (Å²) in [5.74, 6) is 0.741. The van der Waals surface area contributed by atoms with Gasteiger partial charge in [-0.05, 0) is 43.9 Å². The van der Waals surface area contributed by atoms with Gasteiger partial charge in [-0.1, -0.05) is 17.7 Å². The standard InChI is InChI=1S/C12H17ClO2/c1-2-15-12-7-6-10(9-11(12)13)5-3-4-8-14/h6-7,9,14H,2-5,8H2,1H3. The number of halogens is 1. The number of hydrogen-bond donors (Lipinski definition) is 1. The number of rotatable bonds is 6. The third kappa shape index (κ3) is 4.10. The first-order valence-corrected chi connectivity index (χ1v) is 5.67. The van der Waals surface area contributed by atoms with Crippen molar-refractivity contribution in [2.75, 3.05) is 13.2 Å². The second-order valence-corrected chi connectivity index (χ2v) is 3.79. The van der Waals surface area contributed by atoms with E-state index >= 15 is 0 Å². The van der Waals surface area contributed by atoms with Gasteiger partial charge in [-0.3, -0.25) is 0 Å². The quantitative estimate of drug-likeness (QED) is 0.759. The summed E-state index contributed by atoms with van der Waals surface area (Å²) in [4.78, 5) is 0. The Morgan fingerprint density at radius 3 is 2.73 bits per heavy atom. The van der Waals surface area contributed by atoms with E-state index in [-0.39, 0.29) is 6.61 Å². The summed E-state index contributed by atoms with van der Waals surface area (Å²) in [6.07, 6.45) is 2.78. The van der Waals surface area contributed by atoms with Gasteiger partial charge in [0.1, 0.15) is 5.75 Å². The van der Waals surface area contributed by atoms with E-state index in [1.807, 2.05) is 25.1 Å². The van der Waals surface area contributed by atoms with Crippen LogP contribution in [-0.2, 0) is 6.42 Å². The molecule has 0 atom stereocenters. The maximum absolute atomic E-state index is 8.67. The van der Waals surface area contributed by atoms with E-state index in [0.29, 0.717) is 11.6 Å². The highest BCUT2D eigenvalue weighted by molar-refractivity contribution is 6.32. The summed E-state index contributed by atoms with van der Waals surface area (Å²) in [6.45, 7) is 2.82. The lowest BCUT2D eigenvalue weighted by molar-refractivity contribution is 0.284. The maximum atomic E-state index is 8.67. The first-order chi connectivity index (χ1) is 7.27. The Labute approximate surface area is 95.8 Å². The van der Waals surface area contributed by atoms with E-state index in [4.69, 9.17) is 21.4 Å². The van der Waals surface area contributed by atoms with Gasteiger partial charge < -0.3 is 9.84 Å². The Hall–Kier alpha value is -0.730. The predicted molar refractivity (Wildman–Crippen MR) is 62.6 cm³/mol. The molecule has 1 aromatic carbocycles. The second kappa shape index (κ2) is 6.70. The zero-order chi connectivity index (χ0) is 11.1. The Bertz CT molecular complexity index is 300. The largest absolute Gasteiger partial charge is 0.492 e. The van der Waals surface area contributed by atoms with Crippen LogP contribution in [0.1, 0.15) is 25.3 Å². The highest BCUT2D eigenvalue weighted by atomic mass is 35.5.